The van der Waals surface area contributed by atoms with Crippen LogP contribution in [0.25, 0.3) is 0 Å². The molecule has 0 aliphatic carbocycles. The van der Waals surface area contributed by atoms with Gasteiger partial charge in [0.25, 0.3) is 0 Å². The topological polar surface area (TPSA) is 41.1 Å². The van der Waals surface area contributed by atoms with Crippen LogP contribution in [0.5, 0.6) is 0 Å². The monoisotopic (exact) mass is 476 g/mol. The highest BCUT2D eigenvalue weighted by atomic mass is 35.5. The third-order valence-electron chi connectivity index (χ3n) is 5.46. The van der Waals surface area contributed by atoms with Crippen LogP contribution < -0.4 is 10.6 Å². The lowest BCUT2D eigenvalue weighted by molar-refractivity contribution is -0.137. The second-order valence-electron chi connectivity index (χ2n) is 7.82. The van der Waals surface area contributed by atoms with Crippen LogP contribution in [0.2, 0.25) is 0 Å². The van der Waals surface area contributed by atoms with E-state index in [1.165, 1.54) is 12.1 Å². The number of nitrogens with one attached hydrogen (secondary N) is 2. The van der Waals surface area contributed by atoms with Gasteiger partial charge in [0, 0.05) is 13.1 Å². The van der Waals surface area contributed by atoms with Gasteiger partial charge in [-0.1, -0.05) is 72.3 Å². The molecule has 1 amide bonds. The van der Waals surface area contributed by atoms with Crippen LogP contribution in [0.1, 0.15) is 46.3 Å². The SMILES string of the molecule is CNC(=O)C(N[C@H](CCc1ccc(C(F)(F)F)cc1)c1cccc(C)c1)c1ccccc1.Cl. The van der Waals surface area contributed by atoms with E-state index < -0.39 is 17.8 Å². The lowest BCUT2D eigenvalue weighted by atomic mass is 9.95. The molecule has 0 aromatic heterocycles. The van der Waals surface area contributed by atoms with Crippen LogP contribution >= 0.6 is 12.4 Å². The number of benzene rings is 3. The number of carbonyl (C=O) groups excluding carboxylic acids is 1. The maximum atomic E-state index is 12.9. The summed E-state index contributed by atoms with van der Waals surface area (Å²) >= 11 is 0. The van der Waals surface area contributed by atoms with E-state index in [1.54, 1.807) is 7.05 Å². The van der Waals surface area contributed by atoms with Gasteiger partial charge in [-0.15, -0.1) is 12.4 Å². The number of amides is 1. The molecule has 0 saturated carbocycles. The first-order chi connectivity index (χ1) is 15.3. The van der Waals surface area contributed by atoms with Crippen molar-refractivity contribution >= 4 is 18.3 Å². The molecule has 3 aromatic rings. The molecule has 0 fully saturated rings. The summed E-state index contributed by atoms with van der Waals surface area (Å²) in [6.07, 6.45) is -3.16. The van der Waals surface area contributed by atoms with Gasteiger partial charge in [0.1, 0.15) is 6.04 Å². The molecule has 3 nitrogen and oxygen atoms in total. The molecule has 0 aliphatic heterocycles. The van der Waals surface area contributed by atoms with Gasteiger partial charge in [-0.3, -0.25) is 10.1 Å². The first-order valence-electron chi connectivity index (χ1n) is 10.5. The van der Waals surface area contributed by atoms with Crippen molar-refractivity contribution in [1.29, 1.82) is 0 Å². The van der Waals surface area contributed by atoms with E-state index in [0.29, 0.717) is 12.8 Å². The summed E-state index contributed by atoms with van der Waals surface area (Å²) in [7, 11) is 1.60. The summed E-state index contributed by atoms with van der Waals surface area (Å²) in [4.78, 5) is 12.7. The van der Waals surface area contributed by atoms with Crippen molar-refractivity contribution < 1.29 is 18.0 Å². The highest BCUT2D eigenvalue weighted by Crippen LogP contribution is 2.30. The molecule has 7 heteroatoms. The van der Waals surface area contributed by atoms with Gasteiger partial charge >= 0.3 is 6.18 Å². The van der Waals surface area contributed by atoms with Gasteiger partial charge in [0.05, 0.1) is 5.56 Å². The summed E-state index contributed by atoms with van der Waals surface area (Å²) < 4.78 is 38.6. The number of likely N-dealkylation sites (N-methyl/N-ethyl adjacent to an activating group) is 1. The van der Waals surface area contributed by atoms with Crippen molar-refractivity contribution in [2.45, 2.75) is 38.0 Å². The molecule has 176 valence electrons. The summed E-state index contributed by atoms with van der Waals surface area (Å²) in [5, 5.41) is 6.20. The fraction of sp³-hybridized carbons (Fsp3) is 0.269. The molecule has 3 aromatic carbocycles. The predicted octanol–water partition coefficient (Wildman–Crippen LogP) is 6.19. The molecule has 0 heterocycles. The van der Waals surface area contributed by atoms with E-state index in [0.717, 1.165) is 34.4 Å². The van der Waals surface area contributed by atoms with Crippen molar-refractivity contribution in [3.63, 3.8) is 0 Å². The highest BCUT2D eigenvalue weighted by Gasteiger charge is 2.30. The van der Waals surface area contributed by atoms with Crippen LogP contribution in [0, 0.1) is 6.92 Å². The van der Waals surface area contributed by atoms with Crippen molar-refractivity contribution in [2.24, 2.45) is 0 Å². The Morgan fingerprint density at radius 2 is 1.55 bits per heavy atom. The third-order valence-corrected chi connectivity index (χ3v) is 5.46. The summed E-state index contributed by atoms with van der Waals surface area (Å²) in [5.41, 5.74) is 3.13. The normalized spacial score (nSPS) is 13.0. The zero-order valence-corrected chi connectivity index (χ0v) is 19.3. The number of carbonyl (C=O) groups is 1. The summed E-state index contributed by atoms with van der Waals surface area (Å²) in [6.45, 7) is 2.00. The highest BCUT2D eigenvalue weighted by molar-refractivity contribution is 5.85. The third kappa shape index (κ3) is 7.34. The predicted molar refractivity (Wildman–Crippen MR) is 127 cm³/mol. The molecular weight excluding hydrogens is 449 g/mol. The standard InChI is InChI=1S/C26H27F3N2O.ClH/c1-18-7-6-10-21(17-18)23(16-13-19-11-14-22(15-12-19)26(27,28)29)31-24(25(32)30-2)20-8-4-3-5-9-20;/h3-12,14-15,17,23-24,31H,13,16H2,1-2H3,(H,30,32);1H/t23-,24?;/m1./s1. The van der Waals surface area contributed by atoms with E-state index in [2.05, 4.69) is 16.7 Å². The minimum Gasteiger partial charge on any atom is -0.358 e. The fourth-order valence-electron chi connectivity index (χ4n) is 3.72. The Morgan fingerprint density at radius 1 is 0.909 bits per heavy atom. The molecule has 0 radical (unpaired) electrons. The van der Waals surface area contributed by atoms with Gasteiger partial charge in [-0.2, -0.15) is 13.2 Å². The van der Waals surface area contributed by atoms with Crippen LogP contribution in [0.15, 0.2) is 78.9 Å². The van der Waals surface area contributed by atoms with Gasteiger partial charge < -0.3 is 5.32 Å². The number of rotatable bonds is 8. The molecular formula is C26H28ClF3N2O. The van der Waals surface area contributed by atoms with Gasteiger partial charge in [-0.05, 0) is 48.6 Å². The summed E-state index contributed by atoms with van der Waals surface area (Å²) in [5.74, 6) is -0.150. The van der Waals surface area contributed by atoms with E-state index in [-0.39, 0.29) is 24.4 Å². The molecule has 2 atom stereocenters. The molecule has 0 bridgehead atoms. The number of hydrogen-bond acceptors (Lipinski definition) is 2. The molecule has 33 heavy (non-hydrogen) atoms. The molecule has 0 spiro atoms. The Balaban J connectivity index is 0.00000385. The quantitative estimate of drug-likeness (QED) is 0.407. The lowest BCUT2D eigenvalue weighted by Gasteiger charge is -2.26. The van der Waals surface area contributed by atoms with E-state index in [9.17, 15) is 18.0 Å². The van der Waals surface area contributed by atoms with Gasteiger partial charge in [0.2, 0.25) is 5.91 Å². The largest absolute Gasteiger partial charge is 0.416 e. The Labute approximate surface area is 198 Å². The van der Waals surface area contributed by atoms with Crippen LogP contribution in [-0.4, -0.2) is 13.0 Å². The van der Waals surface area contributed by atoms with E-state index >= 15 is 0 Å². The maximum absolute atomic E-state index is 12.9. The molecule has 1 unspecified atom stereocenters. The Morgan fingerprint density at radius 3 is 2.12 bits per heavy atom. The minimum atomic E-state index is -4.35. The van der Waals surface area contributed by atoms with Crippen LogP contribution in [0.4, 0.5) is 13.2 Å². The smallest absolute Gasteiger partial charge is 0.358 e. The zero-order chi connectivity index (χ0) is 23.1. The molecule has 2 N–H and O–H groups in total. The summed E-state index contributed by atoms with van der Waals surface area (Å²) in [6, 6.07) is 22.0. The number of aryl methyl sites for hydroxylation is 2. The first kappa shape index (κ1) is 26.4. The van der Waals surface area contributed by atoms with Gasteiger partial charge in [0.15, 0.2) is 0 Å². The average molecular weight is 477 g/mol. The van der Waals surface area contributed by atoms with Crippen LogP contribution in [0.3, 0.4) is 0 Å². The van der Waals surface area contributed by atoms with Crippen molar-refractivity contribution in [2.75, 3.05) is 7.05 Å². The van der Waals surface area contributed by atoms with Crippen molar-refractivity contribution in [3.8, 4) is 0 Å². The second-order valence-corrected chi connectivity index (χ2v) is 7.82. The molecule has 3 rings (SSSR count). The number of hydrogen-bond donors (Lipinski definition) is 2. The second kappa shape index (κ2) is 11.9. The Bertz CT molecular complexity index is 1020. The first-order valence-corrected chi connectivity index (χ1v) is 10.5. The molecule has 0 saturated heterocycles. The van der Waals surface area contributed by atoms with E-state index in [4.69, 9.17) is 0 Å². The molecule has 0 aliphatic rings. The fourth-order valence-corrected chi connectivity index (χ4v) is 3.72. The van der Waals surface area contributed by atoms with Crippen LogP contribution in [-0.2, 0) is 17.4 Å². The van der Waals surface area contributed by atoms with Gasteiger partial charge in [-0.25, -0.2) is 0 Å². The average Bonchev–Trinajstić information content (AvgIpc) is 2.79. The Hall–Kier alpha value is -2.83. The Kier molecular flexibility index (Phi) is 9.50. The zero-order valence-electron chi connectivity index (χ0n) is 18.5. The number of halogens is 4. The van der Waals surface area contributed by atoms with Crippen molar-refractivity contribution in [1.82, 2.24) is 10.6 Å². The maximum Gasteiger partial charge on any atom is 0.416 e. The minimum absolute atomic E-state index is 0. The lowest BCUT2D eigenvalue weighted by Crippen LogP contribution is -2.38. The van der Waals surface area contributed by atoms with Crippen molar-refractivity contribution in [3.05, 3.63) is 107 Å². The number of alkyl halides is 3. The van der Waals surface area contributed by atoms with E-state index in [1.807, 2.05) is 55.5 Å².